The van der Waals surface area contributed by atoms with Crippen molar-refractivity contribution in [1.82, 2.24) is 4.57 Å². The number of rotatable bonds is 5. The van der Waals surface area contributed by atoms with E-state index in [2.05, 4.69) is 51.3 Å². The molecule has 2 aromatic carbocycles. The zero-order chi connectivity index (χ0) is 19.5. The molecule has 0 spiro atoms. The van der Waals surface area contributed by atoms with Gasteiger partial charge in [-0.3, -0.25) is 0 Å². The lowest BCUT2D eigenvalue weighted by Crippen LogP contribution is -3.00. The lowest BCUT2D eigenvalue weighted by Gasteiger charge is -2.08. The maximum atomic E-state index is 12.5. The van der Waals surface area contributed by atoms with Crippen LogP contribution in [0.5, 0.6) is 5.75 Å². The van der Waals surface area contributed by atoms with E-state index in [0.717, 1.165) is 36.3 Å². The summed E-state index contributed by atoms with van der Waals surface area (Å²) >= 11 is 0. The van der Waals surface area contributed by atoms with Gasteiger partial charge < -0.3 is 21.7 Å². The van der Waals surface area contributed by atoms with Crippen LogP contribution in [0.25, 0.3) is 16.9 Å². The van der Waals surface area contributed by atoms with Crippen LogP contribution in [0.2, 0.25) is 0 Å². The van der Waals surface area contributed by atoms with Crippen LogP contribution in [0.1, 0.15) is 37.6 Å². The second-order valence-electron chi connectivity index (χ2n) is 7.19. The molecule has 3 nitrogen and oxygen atoms in total. The molecule has 0 aliphatic carbocycles. The van der Waals surface area contributed by atoms with Crippen LogP contribution in [0.15, 0.2) is 54.7 Å². The Morgan fingerprint density at radius 3 is 2.38 bits per heavy atom. The first-order valence-electron chi connectivity index (χ1n) is 9.94. The minimum absolute atomic E-state index is 0. The summed E-state index contributed by atoms with van der Waals surface area (Å²) in [5.74, 6) is 1.48. The highest BCUT2D eigenvalue weighted by atomic mass is 79.9. The number of halogens is 3. The zero-order valence-electron chi connectivity index (χ0n) is 16.5. The number of fused-ring (bicyclic) bond motifs is 1. The highest BCUT2D eigenvalue weighted by Gasteiger charge is 2.27. The first-order valence-corrected chi connectivity index (χ1v) is 9.94. The molecule has 0 bridgehead atoms. The van der Waals surface area contributed by atoms with E-state index in [1.165, 1.54) is 30.7 Å². The van der Waals surface area contributed by atoms with Crippen molar-refractivity contribution in [3.63, 3.8) is 0 Å². The van der Waals surface area contributed by atoms with Crippen LogP contribution >= 0.6 is 0 Å². The Morgan fingerprint density at radius 2 is 1.72 bits per heavy atom. The summed E-state index contributed by atoms with van der Waals surface area (Å²) in [6.45, 7) is 0.356. The molecule has 29 heavy (non-hydrogen) atoms. The zero-order valence-corrected chi connectivity index (χ0v) is 18.0. The van der Waals surface area contributed by atoms with Gasteiger partial charge in [0.25, 0.3) is 5.82 Å². The van der Waals surface area contributed by atoms with Gasteiger partial charge in [-0.05, 0) is 67.6 Å². The molecule has 1 aliphatic rings. The summed E-state index contributed by atoms with van der Waals surface area (Å²) in [6, 6.07) is 15.6. The van der Waals surface area contributed by atoms with Gasteiger partial charge in [-0.25, -0.2) is 4.57 Å². The molecule has 154 valence electrons. The number of hydrogen-bond donors (Lipinski definition) is 0. The van der Waals surface area contributed by atoms with Crippen molar-refractivity contribution in [2.45, 2.75) is 52.2 Å². The second kappa shape index (κ2) is 9.53. The number of imidazole rings is 1. The third kappa shape index (κ3) is 4.69. The van der Waals surface area contributed by atoms with Gasteiger partial charge in [0.05, 0.1) is 6.54 Å². The molecule has 0 atom stereocenters. The van der Waals surface area contributed by atoms with Crippen LogP contribution in [-0.2, 0) is 19.4 Å². The molecule has 0 saturated heterocycles. The molecule has 4 rings (SSSR count). The first kappa shape index (κ1) is 21.5. The van der Waals surface area contributed by atoms with Crippen molar-refractivity contribution in [2.24, 2.45) is 0 Å². The number of hydrogen-bond acceptors (Lipinski definition) is 1. The van der Waals surface area contributed by atoms with Crippen LogP contribution in [0, 0.1) is 0 Å². The van der Waals surface area contributed by atoms with Crippen molar-refractivity contribution >= 4 is 0 Å². The Morgan fingerprint density at radius 1 is 1.00 bits per heavy atom. The highest BCUT2D eigenvalue weighted by Crippen LogP contribution is 2.28. The summed E-state index contributed by atoms with van der Waals surface area (Å²) in [4.78, 5) is 0. The summed E-state index contributed by atoms with van der Waals surface area (Å²) in [5, 5.41) is 0. The maximum absolute atomic E-state index is 12.5. The Hall–Kier alpha value is -2.21. The largest absolute Gasteiger partial charge is 1.00 e. The number of benzene rings is 2. The molecule has 1 aliphatic heterocycles. The van der Waals surface area contributed by atoms with E-state index >= 15 is 0 Å². The van der Waals surface area contributed by atoms with Gasteiger partial charge in [0.2, 0.25) is 0 Å². The van der Waals surface area contributed by atoms with Crippen molar-refractivity contribution in [2.75, 3.05) is 0 Å². The molecule has 6 heteroatoms. The van der Waals surface area contributed by atoms with Gasteiger partial charge in [0.15, 0.2) is 5.69 Å². The Kier molecular flexibility index (Phi) is 7.06. The molecule has 0 saturated carbocycles. The molecule has 0 unspecified atom stereocenters. The minimum atomic E-state index is -2.81. The Labute approximate surface area is 180 Å². The average Bonchev–Trinajstić information content (AvgIpc) is 2.90. The lowest BCUT2D eigenvalue weighted by molar-refractivity contribution is -0.702. The van der Waals surface area contributed by atoms with Crippen molar-refractivity contribution < 1.29 is 35.1 Å². The number of aromatic nitrogens is 2. The summed E-state index contributed by atoms with van der Waals surface area (Å²) in [5.41, 5.74) is 4.51. The molecule has 0 N–H and O–H groups in total. The van der Waals surface area contributed by atoms with Crippen molar-refractivity contribution in [3.05, 3.63) is 66.1 Å². The van der Waals surface area contributed by atoms with Crippen LogP contribution < -0.4 is 26.3 Å². The van der Waals surface area contributed by atoms with Gasteiger partial charge in [-0.2, -0.15) is 13.3 Å². The molecule has 1 aromatic heterocycles. The topological polar surface area (TPSA) is 18.0 Å². The fraction of sp³-hybridized carbons (Fsp3) is 0.348. The Bertz CT molecular complexity index is 937. The van der Waals surface area contributed by atoms with Crippen molar-refractivity contribution in [1.29, 1.82) is 0 Å². The van der Waals surface area contributed by atoms with E-state index in [-0.39, 0.29) is 22.7 Å². The number of ether oxygens (including phenoxy) is 1. The number of alkyl halides is 2. The number of aryl methyl sites for hydroxylation is 2. The molecule has 2 heterocycles. The molecule has 0 fully saturated rings. The molecule has 0 radical (unpaired) electrons. The van der Waals surface area contributed by atoms with E-state index in [1.54, 1.807) is 12.1 Å². The highest BCUT2D eigenvalue weighted by molar-refractivity contribution is 5.62. The number of nitrogens with zero attached hydrogens (tertiary/aromatic N) is 2. The SMILES string of the molecule is CCc1ccc(-n2c(-c3ccc(OC(F)F)cc3)c[n+]3c2CCCCC3)cc1.[Br-]. The monoisotopic (exact) mass is 462 g/mol. The van der Waals surface area contributed by atoms with Gasteiger partial charge in [0, 0.05) is 12.0 Å². The van der Waals surface area contributed by atoms with Crippen LogP contribution in [-0.4, -0.2) is 11.2 Å². The predicted octanol–water partition coefficient (Wildman–Crippen LogP) is 2.33. The van der Waals surface area contributed by atoms with E-state index in [0.29, 0.717) is 0 Å². The molecule has 3 aromatic rings. The fourth-order valence-corrected chi connectivity index (χ4v) is 3.92. The maximum Gasteiger partial charge on any atom is 0.387 e. The molecular formula is C23H25BrF2N2O. The van der Waals surface area contributed by atoms with Crippen LogP contribution in [0.4, 0.5) is 8.78 Å². The van der Waals surface area contributed by atoms with Crippen molar-refractivity contribution in [3.8, 4) is 22.7 Å². The van der Waals surface area contributed by atoms with E-state index in [1.807, 2.05) is 12.1 Å². The third-order valence-corrected chi connectivity index (χ3v) is 5.39. The average molecular weight is 463 g/mol. The van der Waals surface area contributed by atoms with Gasteiger partial charge >= 0.3 is 6.61 Å². The lowest BCUT2D eigenvalue weighted by atomic mass is 10.1. The molecular weight excluding hydrogens is 438 g/mol. The standard InChI is InChI=1S/C23H25F2N2O.BrH/c1-2-17-7-11-19(12-8-17)27-21(16-26-15-5-3-4-6-22(26)27)18-9-13-20(14-10-18)28-23(24)25;/h7-14,16,23H,2-6,15H2,1H3;1H/q+1;/p-1. The normalized spacial score (nSPS) is 13.5. The molecule has 0 amide bonds. The van der Waals surface area contributed by atoms with Crippen LogP contribution in [0.3, 0.4) is 0 Å². The first-order chi connectivity index (χ1) is 13.7. The predicted molar refractivity (Wildman–Crippen MR) is 105 cm³/mol. The quantitative estimate of drug-likeness (QED) is 0.532. The van der Waals surface area contributed by atoms with Gasteiger partial charge in [-0.15, -0.1) is 0 Å². The Balaban J connectivity index is 0.00000240. The van der Waals surface area contributed by atoms with E-state index < -0.39 is 6.61 Å². The van der Waals surface area contributed by atoms with Gasteiger partial charge in [-0.1, -0.05) is 19.1 Å². The smallest absolute Gasteiger partial charge is 0.387 e. The van der Waals surface area contributed by atoms with E-state index in [9.17, 15) is 8.78 Å². The minimum Gasteiger partial charge on any atom is -1.00 e. The summed E-state index contributed by atoms with van der Waals surface area (Å²) in [7, 11) is 0. The third-order valence-electron chi connectivity index (χ3n) is 5.39. The summed E-state index contributed by atoms with van der Waals surface area (Å²) in [6.07, 6.45) is 7.83. The van der Waals surface area contributed by atoms with E-state index in [4.69, 9.17) is 0 Å². The summed E-state index contributed by atoms with van der Waals surface area (Å²) < 4.78 is 34.1. The van der Waals surface area contributed by atoms with Gasteiger partial charge in [0.1, 0.15) is 17.6 Å². The fourth-order valence-electron chi connectivity index (χ4n) is 3.92. The second-order valence-corrected chi connectivity index (χ2v) is 7.19.